The highest BCUT2D eigenvalue weighted by atomic mass is 32.1. The molecule has 11 nitrogen and oxygen atoms in total. The number of nitrogens with zero attached hydrogens (tertiary/aromatic N) is 4. The molecule has 0 amide bonds. The van der Waals surface area contributed by atoms with Gasteiger partial charge in [-0.15, -0.1) is 5.10 Å². The highest BCUT2D eigenvalue weighted by Crippen LogP contribution is 2.27. The van der Waals surface area contributed by atoms with E-state index in [0.717, 1.165) is 0 Å². The van der Waals surface area contributed by atoms with Crippen molar-refractivity contribution >= 4 is 23.3 Å². The van der Waals surface area contributed by atoms with E-state index in [-0.39, 0.29) is 16.7 Å². The predicted molar refractivity (Wildman–Crippen MR) is 72.9 cm³/mol. The number of ether oxygens (including phenoxy) is 1. The molecule has 0 aromatic carbocycles. The van der Waals surface area contributed by atoms with Gasteiger partial charge in [0.2, 0.25) is 5.95 Å². The third-order valence-corrected chi connectivity index (χ3v) is 2.91. The van der Waals surface area contributed by atoms with E-state index in [1.54, 1.807) is 0 Å². The topological polar surface area (TPSA) is 177 Å². The van der Waals surface area contributed by atoms with Crippen LogP contribution in [0.4, 0.5) is 5.95 Å². The third kappa shape index (κ3) is 3.25. The maximum atomic E-state index is 9.98. The van der Waals surface area contributed by atoms with Crippen LogP contribution in [0.1, 0.15) is 6.23 Å². The number of hydrogen-bond donors (Lipinski definition) is 6. The van der Waals surface area contributed by atoms with Crippen molar-refractivity contribution in [1.29, 1.82) is 0 Å². The molecule has 0 bridgehead atoms. The standard InChI is InChI=1S/C9H15N7O4S/c10-7-12-2-16(9(13-7)15-14-8(11)21)6-5(19)4(18)3(1-17)20-6/h2-6,17-19H,1H2,(H2,10,13,15)(H3,11,14,21)/t3-,4-,5-,6-/m1/s1. The molecular formula is C9H15N7O4S. The molecule has 8 N–H and O–H groups in total. The summed E-state index contributed by atoms with van der Waals surface area (Å²) in [5, 5.41) is 32.5. The first-order chi connectivity index (χ1) is 9.93. The summed E-state index contributed by atoms with van der Waals surface area (Å²) in [6.45, 7) is -0.456. The van der Waals surface area contributed by atoms with Crippen LogP contribution in [0.25, 0.3) is 0 Å². The smallest absolute Gasteiger partial charge is 0.253 e. The van der Waals surface area contributed by atoms with Crippen molar-refractivity contribution in [2.24, 2.45) is 10.8 Å². The Labute approximate surface area is 123 Å². The number of nitrogens with two attached hydrogens (primary N) is 2. The predicted octanol–water partition coefficient (Wildman–Crippen LogP) is -3.88. The van der Waals surface area contributed by atoms with E-state index in [4.69, 9.17) is 21.3 Å². The van der Waals surface area contributed by atoms with Gasteiger partial charge in [-0.05, 0) is 12.2 Å². The Morgan fingerprint density at radius 1 is 1.52 bits per heavy atom. The van der Waals surface area contributed by atoms with Crippen LogP contribution in [0.2, 0.25) is 0 Å². The Balaban J connectivity index is 2.40. The van der Waals surface area contributed by atoms with Crippen molar-refractivity contribution in [2.75, 3.05) is 12.3 Å². The monoisotopic (exact) mass is 317 g/mol. The SMILES string of the molecule is NC(=S)NN=c1nc(N)ncn1[C@@H]1O[C@H](CO)[C@@H](O)[C@H]1O. The Hall–Kier alpha value is -1.86. The molecule has 1 saturated heterocycles. The van der Waals surface area contributed by atoms with Gasteiger partial charge in [0.1, 0.15) is 24.6 Å². The van der Waals surface area contributed by atoms with Gasteiger partial charge in [-0.3, -0.25) is 9.99 Å². The minimum Gasteiger partial charge on any atom is -0.394 e. The van der Waals surface area contributed by atoms with Gasteiger partial charge in [-0.1, -0.05) is 0 Å². The van der Waals surface area contributed by atoms with E-state index < -0.39 is 31.1 Å². The molecule has 2 heterocycles. The van der Waals surface area contributed by atoms with Crippen LogP contribution >= 0.6 is 12.2 Å². The van der Waals surface area contributed by atoms with E-state index in [1.165, 1.54) is 10.9 Å². The van der Waals surface area contributed by atoms with Crippen LogP contribution in [-0.2, 0) is 4.74 Å². The fraction of sp³-hybridized carbons (Fsp3) is 0.556. The van der Waals surface area contributed by atoms with Gasteiger partial charge in [0.05, 0.1) is 6.61 Å². The first-order valence-electron chi connectivity index (χ1n) is 5.86. The van der Waals surface area contributed by atoms with Gasteiger partial charge in [-0.2, -0.15) is 4.98 Å². The van der Waals surface area contributed by atoms with Gasteiger partial charge in [0.25, 0.3) is 5.62 Å². The normalized spacial score (nSPS) is 29.6. The Morgan fingerprint density at radius 2 is 2.24 bits per heavy atom. The lowest BCUT2D eigenvalue weighted by molar-refractivity contribution is -0.0559. The summed E-state index contributed by atoms with van der Waals surface area (Å²) < 4.78 is 6.58. The molecule has 1 aliphatic rings. The van der Waals surface area contributed by atoms with Gasteiger partial charge in [0, 0.05) is 0 Å². The van der Waals surface area contributed by atoms with Crippen LogP contribution in [0.15, 0.2) is 11.4 Å². The van der Waals surface area contributed by atoms with E-state index >= 15 is 0 Å². The summed E-state index contributed by atoms with van der Waals surface area (Å²) in [4.78, 5) is 7.61. The quantitative estimate of drug-likeness (QED) is 0.239. The average molecular weight is 317 g/mol. The summed E-state index contributed by atoms with van der Waals surface area (Å²) in [5.41, 5.74) is 13.0. The molecule has 0 saturated carbocycles. The van der Waals surface area contributed by atoms with E-state index in [1.807, 2.05) is 0 Å². The zero-order valence-corrected chi connectivity index (χ0v) is 11.5. The molecule has 0 radical (unpaired) electrons. The Kier molecular flexibility index (Phi) is 4.64. The summed E-state index contributed by atoms with van der Waals surface area (Å²) in [5.74, 6) is -0.0681. The second-order valence-electron chi connectivity index (χ2n) is 4.24. The number of thiocarbonyl (C=S) groups is 1. The average Bonchev–Trinajstić information content (AvgIpc) is 2.73. The highest BCUT2D eigenvalue weighted by Gasteiger charge is 2.43. The number of aromatic nitrogens is 3. The lowest BCUT2D eigenvalue weighted by Crippen LogP contribution is -2.38. The minimum absolute atomic E-state index is 0.0230. The third-order valence-electron chi connectivity index (χ3n) is 2.82. The lowest BCUT2D eigenvalue weighted by atomic mass is 10.1. The summed E-state index contributed by atoms with van der Waals surface area (Å²) in [6, 6.07) is 0. The summed E-state index contributed by atoms with van der Waals surface area (Å²) >= 11 is 4.62. The van der Waals surface area contributed by atoms with Crippen LogP contribution in [0.5, 0.6) is 0 Å². The van der Waals surface area contributed by atoms with E-state index in [0.29, 0.717) is 0 Å². The molecule has 0 unspecified atom stereocenters. The van der Waals surface area contributed by atoms with Crippen LogP contribution < -0.4 is 22.5 Å². The number of nitrogens with one attached hydrogen (secondary N) is 1. The molecule has 21 heavy (non-hydrogen) atoms. The molecule has 0 aliphatic carbocycles. The van der Waals surface area contributed by atoms with E-state index in [2.05, 4.69) is 32.7 Å². The van der Waals surface area contributed by atoms with Crippen molar-refractivity contribution in [3.8, 4) is 0 Å². The highest BCUT2D eigenvalue weighted by molar-refractivity contribution is 7.80. The van der Waals surface area contributed by atoms with Crippen molar-refractivity contribution in [3.05, 3.63) is 11.9 Å². The molecule has 4 atom stereocenters. The van der Waals surface area contributed by atoms with Crippen molar-refractivity contribution in [1.82, 2.24) is 20.0 Å². The fourth-order valence-corrected chi connectivity index (χ4v) is 1.88. The van der Waals surface area contributed by atoms with Crippen molar-refractivity contribution in [2.45, 2.75) is 24.5 Å². The van der Waals surface area contributed by atoms with Crippen LogP contribution in [0.3, 0.4) is 0 Å². The molecular weight excluding hydrogens is 302 g/mol. The van der Waals surface area contributed by atoms with Gasteiger partial charge < -0.3 is 31.5 Å². The largest absolute Gasteiger partial charge is 0.394 e. The number of nitrogen functional groups attached to an aromatic ring is 1. The summed E-state index contributed by atoms with van der Waals surface area (Å²) in [6.07, 6.45) is -3.33. The molecule has 1 aliphatic heterocycles. The number of aliphatic hydroxyl groups excluding tert-OH is 3. The maximum Gasteiger partial charge on any atom is 0.253 e. The molecule has 1 aromatic heterocycles. The Bertz CT molecular complexity index is 594. The number of rotatable bonds is 3. The molecule has 1 aromatic rings. The van der Waals surface area contributed by atoms with Gasteiger partial charge in [0.15, 0.2) is 11.3 Å². The minimum atomic E-state index is -1.31. The van der Waals surface area contributed by atoms with Gasteiger partial charge >= 0.3 is 0 Å². The summed E-state index contributed by atoms with van der Waals surface area (Å²) in [7, 11) is 0. The molecule has 1 fully saturated rings. The van der Waals surface area contributed by atoms with E-state index in [9.17, 15) is 10.2 Å². The lowest BCUT2D eigenvalue weighted by Gasteiger charge is -2.17. The zero-order chi connectivity index (χ0) is 15.6. The first-order valence-corrected chi connectivity index (χ1v) is 6.27. The van der Waals surface area contributed by atoms with Crippen molar-refractivity contribution < 1.29 is 20.1 Å². The second-order valence-corrected chi connectivity index (χ2v) is 4.68. The van der Waals surface area contributed by atoms with Crippen molar-refractivity contribution in [3.63, 3.8) is 0 Å². The molecule has 12 heteroatoms. The first kappa shape index (κ1) is 15.5. The molecule has 0 spiro atoms. The van der Waals surface area contributed by atoms with Gasteiger partial charge in [-0.25, -0.2) is 4.98 Å². The number of anilines is 1. The van der Waals surface area contributed by atoms with Crippen LogP contribution in [0, 0.1) is 0 Å². The number of aliphatic hydroxyl groups is 3. The fourth-order valence-electron chi connectivity index (χ4n) is 1.84. The molecule has 2 rings (SSSR count). The second kappa shape index (κ2) is 6.28. The zero-order valence-electron chi connectivity index (χ0n) is 10.7. The maximum absolute atomic E-state index is 9.98. The molecule has 116 valence electrons. The number of hydrogen-bond acceptors (Lipinski definition) is 9. The van der Waals surface area contributed by atoms with Crippen LogP contribution in [-0.4, -0.2) is 59.9 Å². The Morgan fingerprint density at radius 3 is 2.81 bits per heavy atom.